The molecule has 0 fully saturated rings. The van der Waals surface area contributed by atoms with Crippen molar-refractivity contribution in [1.29, 1.82) is 0 Å². The summed E-state index contributed by atoms with van der Waals surface area (Å²) in [4.78, 5) is 4.12. The monoisotopic (exact) mass is 149 g/mol. The van der Waals surface area contributed by atoms with Gasteiger partial charge in [0.1, 0.15) is 11.5 Å². The minimum atomic E-state index is 0.678. The lowest BCUT2D eigenvalue weighted by molar-refractivity contribution is 0.485. The van der Waals surface area contributed by atoms with E-state index in [1.165, 1.54) is 0 Å². The Bertz CT molecular complexity index is 273. The lowest BCUT2D eigenvalue weighted by Gasteiger charge is -1.88. The molecule has 0 aromatic carbocycles. The topological polar surface area (TPSA) is 26.0 Å². The molecule has 1 aromatic rings. The molecule has 11 heavy (non-hydrogen) atoms. The Kier molecular flexibility index (Phi) is 2.26. The molecule has 0 unspecified atom stereocenters. The highest BCUT2D eigenvalue weighted by Gasteiger charge is 2.04. The van der Waals surface area contributed by atoms with Crippen molar-refractivity contribution in [2.45, 2.75) is 13.3 Å². The molecular formula is C9H11NO. The summed E-state index contributed by atoms with van der Waals surface area (Å²) in [5.74, 6) is 1.52. The molecule has 2 heteroatoms. The number of hydrogen-bond donors (Lipinski definition) is 0. The van der Waals surface area contributed by atoms with Crippen LogP contribution in [0.25, 0.3) is 6.08 Å². The van der Waals surface area contributed by atoms with Gasteiger partial charge in [-0.15, -0.1) is 6.58 Å². The summed E-state index contributed by atoms with van der Waals surface area (Å²) in [5, 5.41) is 0. The summed E-state index contributed by atoms with van der Waals surface area (Å²) in [6, 6.07) is 0. The van der Waals surface area contributed by atoms with Crippen LogP contribution in [0.1, 0.15) is 17.3 Å². The molecule has 0 saturated carbocycles. The van der Waals surface area contributed by atoms with Gasteiger partial charge in [-0.3, -0.25) is 0 Å². The molecule has 0 spiro atoms. The van der Waals surface area contributed by atoms with E-state index in [-0.39, 0.29) is 0 Å². The third-order valence-electron chi connectivity index (χ3n) is 1.36. The minimum Gasteiger partial charge on any atom is -0.445 e. The molecule has 0 N–H and O–H groups in total. The molecular weight excluding hydrogens is 138 g/mol. The number of rotatable bonds is 3. The number of hydrogen-bond acceptors (Lipinski definition) is 2. The van der Waals surface area contributed by atoms with Crippen LogP contribution < -0.4 is 0 Å². The van der Waals surface area contributed by atoms with Crippen LogP contribution in [0.3, 0.4) is 0 Å². The first-order valence-corrected chi connectivity index (χ1v) is 3.47. The van der Waals surface area contributed by atoms with Crippen LogP contribution in [0.4, 0.5) is 0 Å². The number of oxazole rings is 1. The zero-order valence-electron chi connectivity index (χ0n) is 6.63. The van der Waals surface area contributed by atoms with Gasteiger partial charge in [0.2, 0.25) is 0 Å². The van der Waals surface area contributed by atoms with Crippen LogP contribution in [0.15, 0.2) is 23.7 Å². The molecule has 0 radical (unpaired) electrons. The highest BCUT2D eigenvalue weighted by atomic mass is 16.4. The Labute approximate surface area is 66.3 Å². The third kappa shape index (κ3) is 1.58. The summed E-state index contributed by atoms with van der Waals surface area (Å²) in [5.41, 5.74) is 0.822. The SMILES string of the molecule is C=CCc1oc(C)nc1C=C. The molecule has 0 bridgehead atoms. The van der Waals surface area contributed by atoms with Gasteiger partial charge >= 0.3 is 0 Å². The zero-order valence-corrected chi connectivity index (χ0v) is 6.63. The maximum Gasteiger partial charge on any atom is 0.191 e. The van der Waals surface area contributed by atoms with Gasteiger partial charge in [0.05, 0.1) is 0 Å². The Morgan fingerprint density at radius 2 is 2.27 bits per heavy atom. The summed E-state index contributed by atoms with van der Waals surface area (Å²) < 4.78 is 5.29. The van der Waals surface area contributed by atoms with Crippen molar-refractivity contribution in [3.8, 4) is 0 Å². The second-order valence-electron chi connectivity index (χ2n) is 2.24. The standard InChI is InChI=1S/C9H11NO/c1-4-6-9-8(5-2)10-7(3)11-9/h4-5H,1-2,6H2,3H3. The first-order valence-electron chi connectivity index (χ1n) is 3.47. The molecule has 2 nitrogen and oxygen atoms in total. The van der Waals surface area contributed by atoms with E-state index in [2.05, 4.69) is 18.1 Å². The normalized spacial score (nSPS) is 9.55. The van der Waals surface area contributed by atoms with E-state index in [9.17, 15) is 0 Å². The van der Waals surface area contributed by atoms with E-state index in [0.29, 0.717) is 12.3 Å². The van der Waals surface area contributed by atoms with Crippen molar-refractivity contribution in [2.75, 3.05) is 0 Å². The Morgan fingerprint density at radius 3 is 2.82 bits per heavy atom. The van der Waals surface area contributed by atoms with Gasteiger partial charge in [-0.05, 0) is 6.08 Å². The van der Waals surface area contributed by atoms with Crippen molar-refractivity contribution in [3.05, 3.63) is 36.6 Å². The van der Waals surface area contributed by atoms with Gasteiger partial charge in [-0.1, -0.05) is 12.7 Å². The molecule has 1 rings (SSSR count). The predicted octanol–water partition coefficient (Wildman–Crippen LogP) is 2.35. The van der Waals surface area contributed by atoms with Crippen LogP contribution >= 0.6 is 0 Å². The zero-order chi connectivity index (χ0) is 8.27. The predicted molar refractivity (Wildman–Crippen MR) is 45.2 cm³/mol. The molecule has 0 aliphatic rings. The van der Waals surface area contributed by atoms with Gasteiger partial charge in [-0.25, -0.2) is 4.98 Å². The molecule has 0 aliphatic carbocycles. The molecule has 1 heterocycles. The second kappa shape index (κ2) is 3.19. The van der Waals surface area contributed by atoms with Crippen molar-refractivity contribution in [2.24, 2.45) is 0 Å². The lowest BCUT2D eigenvalue weighted by atomic mass is 10.2. The van der Waals surface area contributed by atoms with Crippen molar-refractivity contribution >= 4 is 6.08 Å². The smallest absolute Gasteiger partial charge is 0.191 e. The molecule has 0 atom stereocenters. The van der Waals surface area contributed by atoms with Gasteiger partial charge in [-0.2, -0.15) is 0 Å². The van der Waals surface area contributed by atoms with Crippen LogP contribution in [0.5, 0.6) is 0 Å². The second-order valence-corrected chi connectivity index (χ2v) is 2.24. The fraction of sp³-hybridized carbons (Fsp3) is 0.222. The van der Waals surface area contributed by atoms with Crippen LogP contribution in [0, 0.1) is 6.92 Å². The van der Waals surface area contributed by atoms with Gasteiger partial charge in [0.15, 0.2) is 5.89 Å². The fourth-order valence-electron chi connectivity index (χ4n) is 0.922. The van der Waals surface area contributed by atoms with Gasteiger partial charge < -0.3 is 4.42 Å². The molecule has 1 aromatic heterocycles. The maximum absolute atomic E-state index is 5.29. The largest absolute Gasteiger partial charge is 0.445 e. The summed E-state index contributed by atoms with van der Waals surface area (Å²) in [6.45, 7) is 9.07. The van der Waals surface area contributed by atoms with E-state index >= 15 is 0 Å². The fourth-order valence-corrected chi connectivity index (χ4v) is 0.922. The van der Waals surface area contributed by atoms with Gasteiger partial charge in [0, 0.05) is 13.3 Å². The van der Waals surface area contributed by atoms with E-state index in [0.717, 1.165) is 11.5 Å². The molecule has 0 amide bonds. The summed E-state index contributed by atoms with van der Waals surface area (Å²) in [6.07, 6.45) is 4.19. The van der Waals surface area contributed by atoms with Gasteiger partial charge in [0.25, 0.3) is 0 Å². The molecule has 0 aliphatic heterocycles. The number of nitrogens with zero attached hydrogens (tertiary/aromatic N) is 1. The molecule has 0 saturated heterocycles. The first kappa shape index (κ1) is 7.79. The average Bonchev–Trinajstić information content (AvgIpc) is 2.32. The highest BCUT2D eigenvalue weighted by Crippen LogP contribution is 2.12. The van der Waals surface area contributed by atoms with Crippen molar-refractivity contribution < 1.29 is 4.42 Å². The van der Waals surface area contributed by atoms with Crippen LogP contribution in [-0.4, -0.2) is 4.98 Å². The Balaban J connectivity index is 3.00. The van der Waals surface area contributed by atoms with Crippen LogP contribution in [-0.2, 0) is 6.42 Å². The summed E-state index contributed by atoms with van der Waals surface area (Å²) in [7, 11) is 0. The number of allylic oxidation sites excluding steroid dienone is 1. The van der Waals surface area contributed by atoms with E-state index < -0.39 is 0 Å². The third-order valence-corrected chi connectivity index (χ3v) is 1.36. The van der Waals surface area contributed by atoms with E-state index in [1.807, 2.05) is 6.92 Å². The van der Waals surface area contributed by atoms with E-state index in [1.54, 1.807) is 12.2 Å². The Morgan fingerprint density at radius 1 is 1.55 bits per heavy atom. The van der Waals surface area contributed by atoms with E-state index in [4.69, 9.17) is 4.42 Å². The lowest BCUT2D eigenvalue weighted by Crippen LogP contribution is -1.80. The van der Waals surface area contributed by atoms with Crippen molar-refractivity contribution in [3.63, 3.8) is 0 Å². The highest BCUT2D eigenvalue weighted by molar-refractivity contribution is 5.44. The summed E-state index contributed by atoms with van der Waals surface area (Å²) >= 11 is 0. The molecule has 58 valence electrons. The maximum atomic E-state index is 5.29. The van der Waals surface area contributed by atoms with Crippen molar-refractivity contribution in [1.82, 2.24) is 4.98 Å². The van der Waals surface area contributed by atoms with Crippen LogP contribution in [0.2, 0.25) is 0 Å². The Hall–Kier alpha value is -1.31. The first-order chi connectivity index (χ1) is 5.27. The minimum absolute atomic E-state index is 0.678. The number of aromatic nitrogens is 1. The number of aryl methyl sites for hydroxylation is 1. The average molecular weight is 149 g/mol. The quantitative estimate of drug-likeness (QED) is 0.616.